The van der Waals surface area contributed by atoms with Crippen LogP contribution in [0.3, 0.4) is 0 Å². The van der Waals surface area contributed by atoms with Crippen molar-refractivity contribution in [3.63, 3.8) is 0 Å². The summed E-state index contributed by atoms with van der Waals surface area (Å²) in [5, 5.41) is 8.07. The highest BCUT2D eigenvalue weighted by Crippen LogP contribution is 2.46. The van der Waals surface area contributed by atoms with Gasteiger partial charge in [-0.1, -0.05) is 30.0 Å². The van der Waals surface area contributed by atoms with Crippen LogP contribution in [0.25, 0.3) is 23.0 Å². The molecule has 0 saturated carbocycles. The van der Waals surface area contributed by atoms with Crippen LogP contribution in [-0.2, 0) is 14.3 Å². The monoisotopic (exact) mass is 541 g/mol. The number of nitrogens with one attached hydrogen (secondary N) is 2. The second kappa shape index (κ2) is 9.95. The van der Waals surface area contributed by atoms with Crippen LogP contribution in [0.15, 0.2) is 95.3 Å². The molecule has 0 radical (unpaired) electrons. The molecule has 39 heavy (non-hydrogen) atoms. The molecule has 2 aliphatic rings. The number of nitrogens with zero attached hydrogens (tertiary/aromatic N) is 3. The first-order valence-corrected chi connectivity index (χ1v) is 13.1. The summed E-state index contributed by atoms with van der Waals surface area (Å²) in [4.78, 5) is 32.0. The van der Waals surface area contributed by atoms with E-state index < -0.39 is 17.5 Å². The highest BCUT2D eigenvalue weighted by atomic mass is 32.2. The van der Waals surface area contributed by atoms with E-state index >= 15 is 0 Å². The number of carbonyl (C=O) groups excluding carboxylic acids is 2. The number of H-pyrrole nitrogens is 1. The number of methoxy groups -OCH3 is 1. The zero-order valence-corrected chi connectivity index (χ0v) is 21.9. The van der Waals surface area contributed by atoms with Crippen molar-refractivity contribution in [1.82, 2.24) is 25.0 Å². The van der Waals surface area contributed by atoms with Gasteiger partial charge in [0.2, 0.25) is 0 Å². The van der Waals surface area contributed by atoms with Crippen molar-refractivity contribution in [2.45, 2.75) is 18.5 Å². The van der Waals surface area contributed by atoms with Crippen molar-refractivity contribution < 1.29 is 18.7 Å². The van der Waals surface area contributed by atoms with Crippen molar-refractivity contribution in [2.24, 2.45) is 0 Å². The molecule has 8 nitrogen and oxygen atoms in total. The van der Waals surface area contributed by atoms with E-state index in [9.17, 15) is 14.0 Å². The molecule has 10 heteroatoms. The molecule has 0 bridgehead atoms. The first-order valence-electron chi connectivity index (χ1n) is 12.3. The lowest BCUT2D eigenvalue weighted by atomic mass is 9.98. The third kappa shape index (κ3) is 4.42. The molecule has 4 heterocycles. The number of hydrogen-bond donors (Lipinski definition) is 2. The minimum Gasteiger partial charge on any atom is -0.466 e. The number of carbonyl (C=O) groups is 2. The van der Waals surface area contributed by atoms with Gasteiger partial charge in [-0.3, -0.25) is 9.69 Å². The van der Waals surface area contributed by atoms with E-state index in [1.807, 2.05) is 55.6 Å². The molecule has 2 aromatic carbocycles. The molecule has 0 aliphatic carbocycles. The summed E-state index contributed by atoms with van der Waals surface area (Å²) in [7, 11) is 1.33. The standard InChI is InChI=1S/C29H24FN5O3S/c1-17-24(28(37)38-2)26(22-9-6-14-31-22)35-27(36)23(39-29(35)32-17)15-19-16-34(21-7-4-3-5-8-21)33-25(19)18-10-12-20(30)13-11-18/h3-16,26,29,31-32H,1-2H3/b23-15-. The Morgan fingerprint density at radius 1 is 1.10 bits per heavy atom. The number of aromatic nitrogens is 3. The Hall–Kier alpha value is -4.57. The Bertz CT molecular complexity index is 1610. The van der Waals surface area contributed by atoms with E-state index in [0.29, 0.717) is 33.1 Å². The fraction of sp³-hybridized carbons (Fsp3) is 0.138. The van der Waals surface area contributed by atoms with Crippen LogP contribution < -0.4 is 5.32 Å². The Morgan fingerprint density at radius 3 is 2.56 bits per heavy atom. The third-order valence-electron chi connectivity index (χ3n) is 6.72. The van der Waals surface area contributed by atoms with E-state index in [2.05, 4.69) is 10.3 Å². The lowest BCUT2D eigenvalue weighted by molar-refractivity contribution is -0.138. The Labute approximate surface area is 228 Å². The number of rotatable bonds is 5. The van der Waals surface area contributed by atoms with Gasteiger partial charge < -0.3 is 15.0 Å². The number of benzene rings is 2. The average Bonchev–Trinajstić information content (AvgIpc) is 3.69. The summed E-state index contributed by atoms with van der Waals surface area (Å²) < 4.78 is 20.5. The molecule has 1 fully saturated rings. The largest absolute Gasteiger partial charge is 0.466 e. The first kappa shape index (κ1) is 24.7. The average molecular weight is 542 g/mol. The second-order valence-corrected chi connectivity index (χ2v) is 10.2. The highest BCUT2D eigenvalue weighted by Gasteiger charge is 2.48. The molecule has 2 atom stereocenters. The third-order valence-corrected chi connectivity index (χ3v) is 7.84. The Kier molecular flexibility index (Phi) is 6.32. The first-order chi connectivity index (χ1) is 18.9. The molecule has 2 aliphatic heterocycles. The van der Waals surface area contributed by atoms with Crippen LogP contribution >= 0.6 is 11.8 Å². The number of halogens is 1. The molecule has 6 rings (SSSR count). The number of thioether (sulfide) groups is 1. The van der Waals surface area contributed by atoms with Crippen molar-refractivity contribution in [2.75, 3.05) is 7.11 Å². The SMILES string of the molecule is COC(=O)C1=C(C)NC2S/C(=C\c3cn(-c4ccccc4)nc3-c3ccc(F)cc3)C(=O)N2C1c1ccc[nH]1. The van der Waals surface area contributed by atoms with Crippen LogP contribution in [0.5, 0.6) is 0 Å². The molecular weight excluding hydrogens is 517 g/mol. The summed E-state index contributed by atoms with van der Waals surface area (Å²) >= 11 is 1.36. The van der Waals surface area contributed by atoms with Crippen LogP contribution in [0.4, 0.5) is 4.39 Å². The van der Waals surface area contributed by atoms with Crippen molar-refractivity contribution in [1.29, 1.82) is 0 Å². The lowest BCUT2D eigenvalue weighted by Gasteiger charge is -2.38. The number of ether oxygens (including phenoxy) is 1. The van der Waals surface area contributed by atoms with Gasteiger partial charge in [-0.15, -0.1) is 0 Å². The number of para-hydroxylation sites is 1. The van der Waals surface area contributed by atoms with Crippen LogP contribution in [0.2, 0.25) is 0 Å². The molecule has 1 saturated heterocycles. The molecule has 2 unspecified atom stereocenters. The van der Waals surface area contributed by atoms with Gasteiger partial charge >= 0.3 is 5.97 Å². The maximum Gasteiger partial charge on any atom is 0.338 e. The fourth-order valence-electron chi connectivity index (χ4n) is 4.89. The van der Waals surface area contributed by atoms with Gasteiger partial charge in [-0.2, -0.15) is 5.10 Å². The van der Waals surface area contributed by atoms with Gasteiger partial charge in [0.25, 0.3) is 5.91 Å². The maximum absolute atomic E-state index is 13.9. The number of aromatic amines is 1. The van der Waals surface area contributed by atoms with Crippen LogP contribution in [0.1, 0.15) is 24.2 Å². The second-order valence-electron chi connectivity index (χ2n) is 9.11. The molecule has 4 aromatic rings. The Balaban J connectivity index is 1.43. The van der Waals surface area contributed by atoms with E-state index in [1.54, 1.807) is 34.0 Å². The predicted octanol–water partition coefficient (Wildman–Crippen LogP) is 5.00. The zero-order chi connectivity index (χ0) is 27.1. The molecule has 1 amide bonds. The summed E-state index contributed by atoms with van der Waals surface area (Å²) in [5.74, 6) is -1.08. The van der Waals surface area contributed by atoms with Gasteiger partial charge in [0.05, 0.1) is 29.0 Å². The van der Waals surface area contributed by atoms with Crippen LogP contribution in [-0.4, -0.2) is 44.1 Å². The van der Waals surface area contributed by atoms with Crippen molar-refractivity contribution in [3.8, 4) is 16.9 Å². The number of fused-ring (bicyclic) bond motifs is 1. The fourth-order valence-corrected chi connectivity index (χ4v) is 6.10. The van der Waals surface area contributed by atoms with E-state index in [-0.39, 0.29) is 11.7 Å². The number of hydrogen-bond acceptors (Lipinski definition) is 6. The van der Waals surface area contributed by atoms with Crippen molar-refractivity contribution in [3.05, 3.63) is 112 Å². The molecule has 2 aromatic heterocycles. The molecule has 2 N–H and O–H groups in total. The Morgan fingerprint density at radius 2 is 1.87 bits per heavy atom. The topological polar surface area (TPSA) is 92.2 Å². The predicted molar refractivity (Wildman–Crippen MR) is 147 cm³/mol. The van der Waals surface area contributed by atoms with Crippen molar-refractivity contribution >= 4 is 29.7 Å². The van der Waals surface area contributed by atoms with Gasteiger partial charge in [0.1, 0.15) is 11.9 Å². The highest BCUT2D eigenvalue weighted by molar-refractivity contribution is 8.05. The number of esters is 1. The van der Waals surface area contributed by atoms with Gasteiger partial charge in [-0.05, 0) is 61.5 Å². The summed E-state index contributed by atoms with van der Waals surface area (Å²) in [6.45, 7) is 1.81. The molecular formula is C29H24FN5O3S. The summed E-state index contributed by atoms with van der Waals surface area (Å²) in [6, 6.07) is 18.8. The minimum absolute atomic E-state index is 0.233. The van der Waals surface area contributed by atoms with Crippen LogP contribution in [0, 0.1) is 5.82 Å². The number of allylic oxidation sites excluding steroid dienone is 1. The lowest BCUT2D eigenvalue weighted by Crippen LogP contribution is -2.50. The normalized spacial score (nSPS) is 19.8. The zero-order valence-electron chi connectivity index (χ0n) is 21.1. The molecule has 196 valence electrons. The van der Waals surface area contributed by atoms with E-state index in [1.165, 1.54) is 31.0 Å². The van der Waals surface area contributed by atoms with E-state index in [0.717, 1.165) is 11.3 Å². The molecule has 0 spiro atoms. The minimum atomic E-state index is -0.645. The number of amides is 1. The van der Waals surface area contributed by atoms with Gasteiger partial charge in [0, 0.05) is 34.9 Å². The smallest absolute Gasteiger partial charge is 0.338 e. The summed E-state index contributed by atoms with van der Waals surface area (Å²) in [5.41, 5.74) is 4.19. The summed E-state index contributed by atoms with van der Waals surface area (Å²) in [6.07, 6.45) is 5.41. The van der Waals surface area contributed by atoms with E-state index in [4.69, 9.17) is 9.84 Å². The van der Waals surface area contributed by atoms with Gasteiger partial charge in [-0.25, -0.2) is 13.9 Å². The maximum atomic E-state index is 13.9. The quantitative estimate of drug-likeness (QED) is 0.273. The van der Waals surface area contributed by atoms with Gasteiger partial charge in [0.15, 0.2) is 5.50 Å².